The molecule has 1 saturated heterocycles. The number of hydrogen-bond acceptors (Lipinski definition) is 7. The van der Waals surface area contributed by atoms with Crippen molar-refractivity contribution in [2.75, 3.05) is 40.4 Å². The summed E-state index contributed by atoms with van der Waals surface area (Å²) in [5, 5.41) is 0. The molecule has 50 heavy (non-hydrogen) atoms. The van der Waals surface area contributed by atoms with E-state index in [1.54, 1.807) is 25.8 Å². The lowest BCUT2D eigenvalue weighted by atomic mass is 9.87. The molecule has 3 heterocycles. The fourth-order valence-corrected chi connectivity index (χ4v) is 8.19. The lowest BCUT2D eigenvalue weighted by Crippen LogP contribution is -2.54. The molecule has 0 radical (unpaired) electrons. The van der Waals surface area contributed by atoms with Crippen molar-refractivity contribution in [1.29, 1.82) is 0 Å². The summed E-state index contributed by atoms with van der Waals surface area (Å²) in [7, 11) is 5.24. The van der Waals surface area contributed by atoms with E-state index >= 15 is 0 Å². The molecule has 1 amide bonds. The first-order chi connectivity index (χ1) is 23.8. The van der Waals surface area contributed by atoms with Gasteiger partial charge < -0.3 is 23.7 Å². The fourth-order valence-electron chi connectivity index (χ4n) is 8.19. The summed E-state index contributed by atoms with van der Waals surface area (Å²) in [6, 6.07) is 10.9. The van der Waals surface area contributed by atoms with E-state index in [2.05, 4.69) is 47.1 Å². The van der Waals surface area contributed by atoms with Gasteiger partial charge in [-0.15, -0.1) is 0 Å². The predicted molar refractivity (Wildman–Crippen MR) is 198 cm³/mol. The smallest absolute Gasteiger partial charge is 0.410 e. The molecular formula is C41H56N4O5. The minimum Gasteiger partial charge on any atom is -0.496 e. The summed E-state index contributed by atoms with van der Waals surface area (Å²) in [5.41, 5.74) is 8.53. The molecule has 270 valence electrons. The Balaban J connectivity index is 1.20. The van der Waals surface area contributed by atoms with Crippen molar-refractivity contribution in [1.82, 2.24) is 19.3 Å². The van der Waals surface area contributed by atoms with Crippen LogP contribution in [0.3, 0.4) is 0 Å². The van der Waals surface area contributed by atoms with E-state index in [4.69, 9.17) is 14.2 Å². The number of ether oxygens (including phenoxy) is 3. The molecule has 1 atom stereocenters. The van der Waals surface area contributed by atoms with Gasteiger partial charge in [0.1, 0.15) is 17.1 Å². The quantitative estimate of drug-likeness (QED) is 0.237. The van der Waals surface area contributed by atoms with Crippen LogP contribution in [0.2, 0.25) is 0 Å². The monoisotopic (exact) mass is 684 g/mol. The Hall–Kier alpha value is -3.82. The molecule has 9 heteroatoms. The number of nitrogens with zero attached hydrogens (tertiary/aromatic N) is 4. The molecule has 1 aliphatic carbocycles. The number of hydrogen-bond donors (Lipinski definition) is 0. The SMILES string of the molecule is CCCC1c2cccc(CN3CCN(Cc4c(OC)cc(-c5cn(C)c(=O)c(C)c5C)cc4OC)CC34CC4)c2CCN1C(=O)OC(C)(C)C. The van der Waals surface area contributed by atoms with E-state index in [0.717, 1.165) is 91.3 Å². The van der Waals surface area contributed by atoms with Gasteiger partial charge in [0.25, 0.3) is 5.56 Å². The Labute approximate surface area is 298 Å². The van der Waals surface area contributed by atoms with E-state index in [9.17, 15) is 9.59 Å². The lowest BCUT2D eigenvalue weighted by Gasteiger charge is -2.43. The van der Waals surface area contributed by atoms with Gasteiger partial charge in [0.05, 0.1) is 25.8 Å². The topological polar surface area (TPSA) is 76.5 Å². The van der Waals surface area contributed by atoms with E-state index in [0.29, 0.717) is 6.54 Å². The van der Waals surface area contributed by atoms with Gasteiger partial charge in [-0.05, 0) is 100 Å². The van der Waals surface area contributed by atoms with Crippen molar-refractivity contribution in [3.05, 3.63) is 80.3 Å². The normalized spacial score (nSPS) is 19.0. The molecule has 9 nitrogen and oxygen atoms in total. The van der Waals surface area contributed by atoms with Gasteiger partial charge in [0.2, 0.25) is 0 Å². The number of amides is 1. The van der Waals surface area contributed by atoms with Gasteiger partial charge >= 0.3 is 6.09 Å². The zero-order chi connectivity index (χ0) is 36.0. The standard InChI is InChI=1S/C41H56N4O5/c1-10-12-35-32-14-11-13-29(31(32)15-18-45(35)39(47)50-40(4,5)6)23-44-20-19-43(26-41(44)16-17-41)25-34-36(48-8)21-30(22-37(34)49-9)33-24-42(7)38(46)28(3)27(33)2/h11,13-14,21-22,24,35H,10,12,15-20,23,25-26H2,1-9H3. The maximum Gasteiger partial charge on any atom is 0.410 e. The first-order valence-corrected chi connectivity index (χ1v) is 18.3. The third kappa shape index (κ3) is 7.04. The molecule has 1 aromatic heterocycles. The summed E-state index contributed by atoms with van der Waals surface area (Å²) in [6.07, 6.45) is 6.87. The number of piperazine rings is 1. The van der Waals surface area contributed by atoms with Crippen molar-refractivity contribution in [3.63, 3.8) is 0 Å². The maximum atomic E-state index is 13.2. The van der Waals surface area contributed by atoms with Crippen LogP contribution >= 0.6 is 0 Å². The molecule has 0 N–H and O–H groups in total. The van der Waals surface area contributed by atoms with Crippen molar-refractivity contribution in [3.8, 4) is 22.6 Å². The van der Waals surface area contributed by atoms with Crippen molar-refractivity contribution < 1.29 is 19.0 Å². The largest absolute Gasteiger partial charge is 0.496 e. The summed E-state index contributed by atoms with van der Waals surface area (Å²) < 4.78 is 19.5. The first kappa shape index (κ1) is 36.0. The Bertz CT molecular complexity index is 1780. The zero-order valence-electron chi connectivity index (χ0n) is 31.6. The number of aryl methyl sites for hydroxylation is 1. The molecule has 3 aliphatic rings. The van der Waals surface area contributed by atoms with E-state index < -0.39 is 5.60 Å². The number of methoxy groups -OCH3 is 2. The van der Waals surface area contributed by atoms with Gasteiger partial charge in [-0.3, -0.25) is 14.6 Å². The minimum atomic E-state index is -0.515. The second-order valence-electron chi connectivity index (χ2n) is 15.6. The number of pyridine rings is 1. The van der Waals surface area contributed by atoms with Crippen molar-refractivity contribution in [2.24, 2.45) is 7.05 Å². The number of rotatable bonds is 9. The average molecular weight is 685 g/mol. The van der Waals surface area contributed by atoms with Crippen molar-refractivity contribution in [2.45, 2.75) is 104 Å². The van der Waals surface area contributed by atoms with E-state index in [-0.39, 0.29) is 23.2 Å². The molecule has 0 bridgehead atoms. The molecule has 1 unspecified atom stereocenters. The van der Waals surface area contributed by atoms with Crippen LogP contribution in [0.15, 0.2) is 41.3 Å². The molecule has 3 aromatic rings. The zero-order valence-corrected chi connectivity index (χ0v) is 31.6. The van der Waals surface area contributed by atoms with Gasteiger partial charge in [-0.2, -0.15) is 0 Å². The summed E-state index contributed by atoms with van der Waals surface area (Å²) >= 11 is 0. The maximum absolute atomic E-state index is 13.2. The highest BCUT2D eigenvalue weighted by atomic mass is 16.6. The summed E-state index contributed by atoms with van der Waals surface area (Å²) in [5.74, 6) is 1.60. The van der Waals surface area contributed by atoms with Crippen LogP contribution < -0.4 is 15.0 Å². The van der Waals surface area contributed by atoms with Crippen LogP contribution in [0.1, 0.15) is 92.8 Å². The van der Waals surface area contributed by atoms with Gasteiger partial charge in [-0.25, -0.2) is 4.79 Å². The summed E-state index contributed by atoms with van der Waals surface area (Å²) in [4.78, 5) is 33.0. The highest BCUT2D eigenvalue weighted by Crippen LogP contribution is 2.47. The van der Waals surface area contributed by atoms with Crippen LogP contribution in [0.25, 0.3) is 11.1 Å². The first-order valence-electron chi connectivity index (χ1n) is 18.3. The molecule has 2 aliphatic heterocycles. The predicted octanol–water partition coefficient (Wildman–Crippen LogP) is 7.17. The lowest BCUT2D eigenvalue weighted by molar-refractivity contribution is 0.0130. The van der Waals surface area contributed by atoms with E-state index in [1.807, 2.05) is 45.7 Å². The molecule has 1 spiro atoms. The van der Waals surface area contributed by atoms with Crippen LogP contribution in [0.5, 0.6) is 11.5 Å². The van der Waals surface area contributed by atoms with Crippen molar-refractivity contribution >= 4 is 6.09 Å². The molecular weight excluding hydrogens is 628 g/mol. The van der Waals surface area contributed by atoms with Crippen LogP contribution in [0.4, 0.5) is 4.79 Å². The average Bonchev–Trinajstić information content (AvgIpc) is 3.85. The van der Waals surface area contributed by atoms with Gasteiger partial charge in [-0.1, -0.05) is 31.5 Å². The Kier molecular flexibility index (Phi) is 10.1. The highest BCUT2D eigenvalue weighted by Gasteiger charge is 2.51. The molecule has 2 fully saturated rings. The Morgan fingerprint density at radius 1 is 0.980 bits per heavy atom. The molecule has 1 saturated carbocycles. The Morgan fingerprint density at radius 3 is 2.30 bits per heavy atom. The van der Waals surface area contributed by atoms with Gasteiger partial charge in [0.15, 0.2) is 0 Å². The highest BCUT2D eigenvalue weighted by molar-refractivity contribution is 5.72. The fraction of sp³-hybridized carbons (Fsp3) is 0.561. The Morgan fingerprint density at radius 2 is 1.68 bits per heavy atom. The van der Waals surface area contributed by atoms with Crippen LogP contribution in [-0.2, 0) is 31.3 Å². The number of aromatic nitrogens is 1. The van der Waals surface area contributed by atoms with Crippen LogP contribution in [-0.4, -0.2) is 76.9 Å². The summed E-state index contributed by atoms with van der Waals surface area (Å²) in [6.45, 7) is 17.2. The van der Waals surface area contributed by atoms with E-state index in [1.165, 1.54) is 29.5 Å². The number of fused-ring (bicyclic) bond motifs is 1. The second kappa shape index (κ2) is 14.1. The third-order valence-corrected chi connectivity index (χ3v) is 11.1. The number of carbonyl (C=O) groups is 1. The van der Waals surface area contributed by atoms with Crippen LogP contribution in [0, 0.1) is 13.8 Å². The number of carbonyl (C=O) groups excluding carboxylic acids is 1. The second-order valence-corrected chi connectivity index (χ2v) is 15.6. The number of benzene rings is 2. The minimum absolute atomic E-state index is 0.0209. The molecule has 6 rings (SSSR count). The van der Waals surface area contributed by atoms with Gasteiger partial charge in [0, 0.05) is 69.2 Å². The molecule has 2 aromatic carbocycles. The third-order valence-electron chi connectivity index (χ3n) is 11.1.